The highest BCUT2D eigenvalue weighted by molar-refractivity contribution is 5.57. The summed E-state index contributed by atoms with van der Waals surface area (Å²) in [6.07, 6.45) is 0.733. The zero-order chi connectivity index (χ0) is 13.9. The first-order valence-corrected chi connectivity index (χ1v) is 6.84. The molecule has 0 spiro atoms. The van der Waals surface area contributed by atoms with Gasteiger partial charge in [0.2, 0.25) is 0 Å². The molecule has 20 heavy (non-hydrogen) atoms. The van der Waals surface area contributed by atoms with Crippen molar-refractivity contribution in [3.63, 3.8) is 0 Å². The molecule has 2 N–H and O–H groups in total. The Morgan fingerprint density at radius 1 is 1.40 bits per heavy atom. The van der Waals surface area contributed by atoms with Crippen molar-refractivity contribution in [2.75, 3.05) is 13.2 Å². The van der Waals surface area contributed by atoms with Crippen molar-refractivity contribution in [3.05, 3.63) is 45.9 Å². The maximum Gasteiger partial charge on any atom is 0.254 e. The summed E-state index contributed by atoms with van der Waals surface area (Å²) in [6.45, 7) is 4.03. The number of H-pyrrole nitrogens is 1. The minimum Gasteiger partial charge on any atom is -0.494 e. The lowest BCUT2D eigenvalue weighted by molar-refractivity contribution is 0.340. The molecule has 5 heteroatoms. The summed E-state index contributed by atoms with van der Waals surface area (Å²) in [7, 11) is 0. The zero-order valence-corrected chi connectivity index (χ0v) is 11.4. The number of nitrogens with one attached hydrogen (secondary N) is 2. The Balaban J connectivity index is 2.04. The number of benzene rings is 1. The lowest BCUT2D eigenvalue weighted by Crippen LogP contribution is -2.31. The minimum atomic E-state index is -0.0340. The largest absolute Gasteiger partial charge is 0.494 e. The van der Waals surface area contributed by atoms with Crippen molar-refractivity contribution in [1.82, 2.24) is 15.3 Å². The summed E-state index contributed by atoms with van der Waals surface area (Å²) in [5.41, 5.74) is 2.47. The highest BCUT2D eigenvalue weighted by atomic mass is 16.5. The fraction of sp³-hybridized carbons (Fsp3) is 0.333. The first-order valence-electron chi connectivity index (χ1n) is 6.84. The molecule has 0 atom stereocenters. The average molecular weight is 271 g/mol. The molecule has 2 aromatic rings. The molecule has 1 aliphatic heterocycles. The molecule has 0 fully saturated rings. The van der Waals surface area contributed by atoms with E-state index in [2.05, 4.69) is 15.3 Å². The molecule has 2 heterocycles. The number of hydrogen-bond donors (Lipinski definition) is 2. The van der Waals surface area contributed by atoms with Gasteiger partial charge in [0.1, 0.15) is 11.6 Å². The van der Waals surface area contributed by atoms with Gasteiger partial charge in [0.05, 0.1) is 12.3 Å². The Bertz CT molecular complexity index is 679. The number of ether oxygens (including phenoxy) is 1. The summed E-state index contributed by atoms with van der Waals surface area (Å²) >= 11 is 0. The van der Waals surface area contributed by atoms with E-state index in [1.165, 1.54) is 0 Å². The molecule has 1 aliphatic rings. The van der Waals surface area contributed by atoms with Crippen molar-refractivity contribution >= 4 is 0 Å². The van der Waals surface area contributed by atoms with Gasteiger partial charge in [-0.1, -0.05) is 12.1 Å². The van der Waals surface area contributed by atoms with E-state index in [-0.39, 0.29) is 5.56 Å². The van der Waals surface area contributed by atoms with E-state index < -0.39 is 0 Å². The van der Waals surface area contributed by atoms with Gasteiger partial charge >= 0.3 is 0 Å². The van der Waals surface area contributed by atoms with E-state index in [1.807, 2.05) is 31.2 Å². The molecule has 0 aliphatic carbocycles. The van der Waals surface area contributed by atoms with Gasteiger partial charge in [-0.2, -0.15) is 0 Å². The lowest BCUT2D eigenvalue weighted by Gasteiger charge is -2.16. The number of nitrogens with zero attached hydrogens (tertiary/aromatic N) is 1. The van der Waals surface area contributed by atoms with Crippen LogP contribution in [0.4, 0.5) is 0 Å². The summed E-state index contributed by atoms with van der Waals surface area (Å²) in [6, 6.07) is 7.61. The second kappa shape index (κ2) is 5.46. The van der Waals surface area contributed by atoms with Gasteiger partial charge in [0, 0.05) is 17.7 Å². The van der Waals surface area contributed by atoms with Gasteiger partial charge in [-0.3, -0.25) is 4.79 Å². The molecule has 1 aromatic heterocycles. The van der Waals surface area contributed by atoms with Crippen molar-refractivity contribution in [1.29, 1.82) is 0 Å². The number of hydrogen-bond acceptors (Lipinski definition) is 4. The Morgan fingerprint density at radius 2 is 2.30 bits per heavy atom. The first-order chi connectivity index (χ1) is 9.78. The van der Waals surface area contributed by atoms with Gasteiger partial charge in [0.15, 0.2) is 0 Å². The minimum absolute atomic E-state index is 0.0340. The highest BCUT2D eigenvalue weighted by Gasteiger charge is 2.15. The van der Waals surface area contributed by atoms with Crippen LogP contribution in [0.3, 0.4) is 0 Å². The van der Waals surface area contributed by atoms with Crippen LogP contribution in [0.2, 0.25) is 0 Å². The average Bonchev–Trinajstić information content (AvgIpc) is 2.48. The van der Waals surface area contributed by atoms with E-state index in [0.29, 0.717) is 19.0 Å². The summed E-state index contributed by atoms with van der Waals surface area (Å²) < 4.78 is 5.48. The molecule has 5 nitrogen and oxygen atoms in total. The molecule has 0 saturated heterocycles. The van der Waals surface area contributed by atoms with Gasteiger partial charge < -0.3 is 15.0 Å². The Kier molecular flexibility index (Phi) is 3.52. The van der Waals surface area contributed by atoms with E-state index in [0.717, 1.165) is 35.5 Å². The molecule has 0 saturated carbocycles. The third kappa shape index (κ3) is 2.44. The maximum absolute atomic E-state index is 12.1. The highest BCUT2D eigenvalue weighted by Crippen LogP contribution is 2.21. The molecular weight excluding hydrogens is 254 g/mol. The van der Waals surface area contributed by atoms with Crippen molar-refractivity contribution in [3.8, 4) is 17.1 Å². The molecule has 0 unspecified atom stereocenters. The smallest absolute Gasteiger partial charge is 0.254 e. The number of fused-ring (bicyclic) bond motifs is 1. The van der Waals surface area contributed by atoms with Crippen LogP contribution < -0.4 is 15.6 Å². The zero-order valence-electron chi connectivity index (χ0n) is 11.4. The Morgan fingerprint density at radius 3 is 3.15 bits per heavy atom. The molecular formula is C15H17N3O2. The third-order valence-corrected chi connectivity index (χ3v) is 3.36. The molecule has 1 aromatic carbocycles. The number of aromatic nitrogens is 2. The van der Waals surface area contributed by atoms with E-state index in [9.17, 15) is 4.79 Å². The van der Waals surface area contributed by atoms with Crippen molar-refractivity contribution < 1.29 is 4.74 Å². The standard InChI is InChI=1S/C15H17N3O2/c1-2-20-11-5-3-4-10(8-11)14-17-13-9-16-7-6-12(13)15(19)18-14/h3-5,8,16H,2,6-7,9H2,1H3,(H,17,18,19). The third-order valence-electron chi connectivity index (χ3n) is 3.36. The summed E-state index contributed by atoms with van der Waals surface area (Å²) in [4.78, 5) is 19.6. The van der Waals surface area contributed by atoms with E-state index in [1.54, 1.807) is 0 Å². The van der Waals surface area contributed by atoms with Gasteiger partial charge in [-0.15, -0.1) is 0 Å². The molecule has 0 amide bonds. The van der Waals surface area contributed by atoms with E-state index >= 15 is 0 Å². The van der Waals surface area contributed by atoms with Crippen LogP contribution in [0.1, 0.15) is 18.2 Å². The summed E-state index contributed by atoms with van der Waals surface area (Å²) in [5, 5.41) is 3.24. The molecule has 0 bridgehead atoms. The van der Waals surface area contributed by atoms with Crippen LogP contribution in [0.25, 0.3) is 11.4 Å². The van der Waals surface area contributed by atoms with Crippen molar-refractivity contribution in [2.24, 2.45) is 0 Å². The van der Waals surface area contributed by atoms with Gasteiger partial charge in [-0.25, -0.2) is 4.98 Å². The fourth-order valence-electron chi connectivity index (χ4n) is 2.41. The summed E-state index contributed by atoms with van der Waals surface area (Å²) in [5.74, 6) is 1.38. The van der Waals surface area contributed by atoms with Crippen LogP contribution in [0, 0.1) is 0 Å². The van der Waals surface area contributed by atoms with E-state index in [4.69, 9.17) is 4.74 Å². The van der Waals surface area contributed by atoms with Crippen LogP contribution >= 0.6 is 0 Å². The first kappa shape index (κ1) is 12.9. The second-order valence-electron chi connectivity index (χ2n) is 4.73. The van der Waals surface area contributed by atoms with Crippen LogP contribution in [0.15, 0.2) is 29.1 Å². The topological polar surface area (TPSA) is 67.0 Å². The SMILES string of the molecule is CCOc1cccc(-c2nc3c(c(=O)[nH]2)CCNC3)c1. The quantitative estimate of drug-likeness (QED) is 0.887. The molecule has 3 rings (SSSR count). The predicted octanol–water partition coefficient (Wildman–Crippen LogP) is 1.48. The maximum atomic E-state index is 12.1. The monoisotopic (exact) mass is 271 g/mol. The Hall–Kier alpha value is -2.14. The lowest BCUT2D eigenvalue weighted by atomic mass is 10.1. The molecule has 0 radical (unpaired) electrons. The number of rotatable bonds is 3. The van der Waals surface area contributed by atoms with Gasteiger partial charge in [-0.05, 0) is 32.0 Å². The molecule has 104 valence electrons. The number of aromatic amines is 1. The fourth-order valence-corrected chi connectivity index (χ4v) is 2.41. The van der Waals surface area contributed by atoms with Crippen molar-refractivity contribution in [2.45, 2.75) is 19.9 Å². The van der Waals surface area contributed by atoms with Crippen LogP contribution in [0.5, 0.6) is 5.75 Å². The van der Waals surface area contributed by atoms with Gasteiger partial charge in [0.25, 0.3) is 5.56 Å². The Labute approximate surface area is 117 Å². The van der Waals surface area contributed by atoms with Crippen LogP contribution in [-0.2, 0) is 13.0 Å². The predicted molar refractivity (Wildman–Crippen MR) is 76.9 cm³/mol. The second-order valence-corrected chi connectivity index (χ2v) is 4.73. The van der Waals surface area contributed by atoms with Crippen LogP contribution in [-0.4, -0.2) is 23.1 Å². The normalized spacial score (nSPS) is 13.8.